The Balaban J connectivity index is 1.67. The molecule has 146 valence electrons. The molecule has 0 aliphatic heterocycles. The number of ketones is 1. The van der Waals surface area contributed by atoms with Gasteiger partial charge in [-0.15, -0.1) is 0 Å². The lowest BCUT2D eigenvalue weighted by Gasteiger charge is -2.19. The van der Waals surface area contributed by atoms with Crippen LogP contribution in [0.25, 0.3) is 0 Å². The standard InChI is InChI=1S/C22H24N2O4/c25-14-19(22(28)23-18-11-4-5-12-18)24-21(27)17-10-6-9-16(13-17)20(26)15-7-2-1-3-8-15/h1-3,6-10,13,18-19,25H,4-5,11-12,14H2,(H,23,28)(H,24,27). The molecule has 0 heterocycles. The Morgan fingerprint density at radius 3 is 2.25 bits per heavy atom. The number of hydrogen-bond acceptors (Lipinski definition) is 4. The fourth-order valence-corrected chi connectivity index (χ4v) is 3.37. The van der Waals surface area contributed by atoms with Gasteiger partial charge in [0.05, 0.1) is 6.61 Å². The van der Waals surface area contributed by atoms with Crippen LogP contribution in [0.15, 0.2) is 54.6 Å². The van der Waals surface area contributed by atoms with Crippen molar-refractivity contribution in [3.8, 4) is 0 Å². The quantitative estimate of drug-likeness (QED) is 0.641. The van der Waals surface area contributed by atoms with Crippen molar-refractivity contribution in [2.45, 2.75) is 37.8 Å². The van der Waals surface area contributed by atoms with Crippen LogP contribution in [0.4, 0.5) is 0 Å². The van der Waals surface area contributed by atoms with E-state index in [2.05, 4.69) is 10.6 Å². The maximum absolute atomic E-state index is 12.6. The molecule has 0 saturated heterocycles. The number of amides is 2. The molecule has 6 heteroatoms. The molecule has 0 bridgehead atoms. The van der Waals surface area contributed by atoms with E-state index in [9.17, 15) is 19.5 Å². The predicted octanol–water partition coefficient (Wildman–Crippen LogP) is 2.07. The first-order chi connectivity index (χ1) is 13.6. The zero-order chi connectivity index (χ0) is 19.9. The second-order valence-electron chi connectivity index (χ2n) is 6.97. The summed E-state index contributed by atoms with van der Waals surface area (Å²) in [6, 6.07) is 14.2. The summed E-state index contributed by atoms with van der Waals surface area (Å²) in [6.07, 6.45) is 3.98. The van der Waals surface area contributed by atoms with Crippen LogP contribution in [0.1, 0.15) is 52.0 Å². The zero-order valence-corrected chi connectivity index (χ0v) is 15.6. The van der Waals surface area contributed by atoms with Gasteiger partial charge in [0.1, 0.15) is 6.04 Å². The number of hydrogen-bond donors (Lipinski definition) is 3. The fourth-order valence-electron chi connectivity index (χ4n) is 3.37. The van der Waals surface area contributed by atoms with Gasteiger partial charge in [-0.25, -0.2) is 0 Å². The molecule has 1 atom stereocenters. The van der Waals surface area contributed by atoms with Crippen LogP contribution in [0.2, 0.25) is 0 Å². The van der Waals surface area contributed by atoms with Crippen molar-refractivity contribution in [2.24, 2.45) is 0 Å². The van der Waals surface area contributed by atoms with Gasteiger partial charge in [-0.3, -0.25) is 14.4 Å². The number of aliphatic hydroxyl groups is 1. The maximum Gasteiger partial charge on any atom is 0.252 e. The molecule has 28 heavy (non-hydrogen) atoms. The van der Waals surface area contributed by atoms with E-state index in [-0.39, 0.29) is 23.3 Å². The highest BCUT2D eigenvalue weighted by atomic mass is 16.3. The van der Waals surface area contributed by atoms with Gasteiger partial charge in [0.2, 0.25) is 5.91 Å². The van der Waals surface area contributed by atoms with Crippen LogP contribution in [0.3, 0.4) is 0 Å². The Labute approximate surface area is 164 Å². The fraction of sp³-hybridized carbons (Fsp3) is 0.318. The first kappa shape index (κ1) is 19.8. The third-order valence-electron chi connectivity index (χ3n) is 4.93. The van der Waals surface area contributed by atoms with Crippen LogP contribution in [0, 0.1) is 0 Å². The van der Waals surface area contributed by atoms with Crippen molar-refractivity contribution in [2.75, 3.05) is 6.61 Å². The zero-order valence-electron chi connectivity index (χ0n) is 15.6. The summed E-state index contributed by atoms with van der Waals surface area (Å²) in [5.41, 5.74) is 1.17. The van der Waals surface area contributed by atoms with Crippen LogP contribution in [0.5, 0.6) is 0 Å². The lowest BCUT2D eigenvalue weighted by Crippen LogP contribution is -2.51. The van der Waals surface area contributed by atoms with E-state index in [0.717, 1.165) is 25.7 Å². The average Bonchev–Trinajstić information content (AvgIpc) is 3.25. The molecule has 0 spiro atoms. The van der Waals surface area contributed by atoms with E-state index in [0.29, 0.717) is 11.1 Å². The summed E-state index contributed by atoms with van der Waals surface area (Å²) in [6.45, 7) is -0.493. The van der Waals surface area contributed by atoms with E-state index >= 15 is 0 Å². The number of carbonyl (C=O) groups is 3. The molecule has 1 fully saturated rings. The van der Waals surface area contributed by atoms with Gasteiger partial charge in [-0.2, -0.15) is 0 Å². The van der Waals surface area contributed by atoms with Crippen molar-refractivity contribution < 1.29 is 19.5 Å². The van der Waals surface area contributed by atoms with Crippen molar-refractivity contribution >= 4 is 17.6 Å². The molecule has 2 amide bonds. The maximum atomic E-state index is 12.6. The molecule has 6 nitrogen and oxygen atoms in total. The second-order valence-corrected chi connectivity index (χ2v) is 6.97. The molecule has 1 saturated carbocycles. The molecule has 1 aliphatic carbocycles. The number of rotatable bonds is 7. The van der Waals surface area contributed by atoms with Crippen molar-refractivity contribution in [3.63, 3.8) is 0 Å². The normalized spacial score (nSPS) is 15.0. The summed E-state index contributed by atoms with van der Waals surface area (Å²) >= 11 is 0. The largest absolute Gasteiger partial charge is 0.394 e. The Morgan fingerprint density at radius 2 is 1.57 bits per heavy atom. The Kier molecular flexibility index (Phi) is 6.55. The molecular weight excluding hydrogens is 356 g/mol. The van der Waals surface area contributed by atoms with E-state index in [4.69, 9.17) is 0 Å². The third kappa shape index (κ3) is 4.84. The van der Waals surface area contributed by atoms with Crippen molar-refractivity contribution in [3.05, 3.63) is 71.3 Å². The predicted molar refractivity (Wildman–Crippen MR) is 105 cm³/mol. The first-order valence-corrected chi connectivity index (χ1v) is 9.50. The van der Waals surface area contributed by atoms with Gasteiger partial charge in [0.25, 0.3) is 5.91 Å². The van der Waals surface area contributed by atoms with Crippen LogP contribution in [-0.2, 0) is 4.79 Å². The van der Waals surface area contributed by atoms with E-state index < -0.39 is 18.6 Å². The molecule has 2 aromatic carbocycles. The summed E-state index contributed by atoms with van der Waals surface area (Å²) in [5.74, 6) is -1.09. The Hall–Kier alpha value is -2.99. The molecule has 2 aromatic rings. The molecule has 0 aromatic heterocycles. The van der Waals surface area contributed by atoms with Gasteiger partial charge in [-0.1, -0.05) is 55.3 Å². The molecule has 1 aliphatic rings. The molecule has 1 unspecified atom stereocenters. The highest BCUT2D eigenvalue weighted by molar-refractivity contribution is 6.10. The van der Waals surface area contributed by atoms with Gasteiger partial charge in [0.15, 0.2) is 5.78 Å². The SMILES string of the molecule is O=C(NC(CO)C(=O)NC1CCCC1)c1cccc(C(=O)c2ccccc2)c1. The molecule has 3 rings (SSSR count). The number of aliphatic hydroxyl groups excluding tert-OH is 1. The van der Waals surface area contributed by atoms with E-state index in [1.807, 2.05) is 6.07 Å². The third-order valence-corrected chi connectivity index (χ3v) is 4.93. The lowest BCUT2D eigenvalue weighted by molar-refractivity contribution is -0.124. The minimum Gasteiger partial charge on any atom is -0.394 e. The van der Waals surface area contributed by atoms with Gasteiger partial charge in [0, 0.05) is 22.7 Å². The highest BCUT2D eigenvalue weighted by Crippen LogP contribution is 2.17. The van der Waals surface area contributed by atoms with E-state index in [1.54, 1.807) is 42.5 Å². The molecule has 3 N–H and O–H groups in total. The minimum absolute atomic E-state index is 0.102. The van der Waals surface area contributed by atoms with Gasteiger partial charge < -0.3 is 15.7 Å². The average molecular weight is 380 g/mol. The highest BCUT2D eigenvalue weighted by Gasteiger charge is 2.25. The Morgan fingerprint density at radius 1 is 0.929 bits per heavy atom. The molecule has 0 radical (unpaired) electrons. The lowest BCUT2D eigenvalue weighted by atomic mass is 10.0. The summed E-state index contributed by atoms with van der Waals surface area (Å²) in [7, 11) is 0. The topological polar surface area (TPSA) is 95.5 Å². The number of nitrogens with one attached hydrogen (secondary N) is 2. The summed E-state index contributed by atoms with van der Waals surface area (Å²) < 4.78 is 0. The minimum atomic E-state index is -1.03. The van der Waals surface area contributed by atoms with Crippen molar-refractivity contribution in [1.82, 2.24) is 10.6 Å². The van der Waals surface area contributed by atoms with Crippen LogP contribution in [-0.4, -0.2) is 41.4 Å². The van der Waals surface area contributed by atoms with Crippen molar-refractivity contribution in [1.29, 1.82) is 0 Å². The van der Waals surface area contributed by atoms with Gasteiger partial charge in [-0.05, 0) is 25.0 Å². The van der Waals surface area contributed by atoms with Crippen LogP contribution < -0.4 is 10.6 Å². The smallest absolute Gasteiger partial charge is 0.252 e. The first-order valence-electron chi connectivity index (χ1n) is 9.50. The monoisotopic (exact) mass is 380 g/mol. The molecular formula is C22H24N2O4. The van der Waals surface area contributed by atoms with Crippen LogP contribution >= 0.6 is 0 Å². The van der Waals surface area contributed by atoms with E-state index in [1.165, 1.54) is 6.07 Å². The van der Waals surface area contributed by atoms with Gasteiger partial charge >= 0.3 is 0 Å². The Bertz CT molecular complexity index is 845. The number of carbonyl (C=O) groups excluding carboxylic acids is 3. The summed E-state index contributed by atoms with van der Waals surface area (Å²) in [4.78, 5) is 37.4. The summed E-state index contributed by atoms with van der Waals surface area (Å²) in [5, 5.41) is 14.9. The second kappa shape index (κ2) is 9.28. The number of benzene rings is 2.